The summed E-state index contributed by atoms with van der Waals surface area (Å²) in [6.07, 6.45) is 1.59. The van der Waals surface area contributed by atoms with Gasteiger partial charge in [-0.15, -0.1) is 0 Å². The van der Waals surface area contributed by atoms with Gasteiger partial charge in [-0.25, -0.2) is 9.69 Å². The van der Waals surface area contributed by atoms with Crippen LogP contribution in [0.25, 0.3) is 6.08 Å². The standard InChI is InChI=1S/C17H11N3O2/c18-11-13-8-6-12(7-9-13)10-15-16(21)20(17(22)19-15)14-4-2-1-3-5-14/h1-10H,(H,19,22). The number of hydrogen-bond donors (Lipinski definition) is 1. The van der Waals surface area contributed by atoms with Crippen molar-refractivity contribution in [1.29, 1.82) is 5.26 Å². The molecule has 0 atom stereocenters. The third-order valence-electron chi connectivity index (χ3n) is 3.24. The summed E-state index contributed by atoms with van der Waals surface area (Å²) in [7, 11) is 0. The Balaban J connectivity index is 1.90. The Morgan fingerprint density at radius 1 is 1.00 bits per heavy atom. The lowest BCUT2D eigenvalue weighted by Crippen LogP contribution is -2.30. The molecule has 0 radical (unpaired) electrons. The topological polar surface area (TPSA) is 73.2 Å². The van der Waals surface area contributed by atoms with E-state index >= 15 is 0 Å². The highest BCUT2D eigenvalue weighted by Crippen LogP contribution is 2.21. The summed E-state index contributed by atoms with van der Waals surface area (Å²) in [5.74, 6) is -0.402. The molecule has 1 N–H and O–H groups in total. The minimum absolute atomic E-state index is 0.207. The van der Waals surface area contributed by atoms with Crippen molar-refractivity contribution in [2.24, 2.45) is 0 Å². The molecule has 106 valence electrons. The fraction of sp³-hybridized carbons (Fsp3) is 0. The third kappa shape index (κ3) is 2.45. The number of para-hydroxylation sites is 1. The van der Waals surface area contributed by atoms with Gasteiger partial charge in [-0.05, 0) is 35.9 Å². The molecular formula is C17H11N3O2. The number of imide groups is 1. The maximum absolute atomic E-state index is 12.4. The molecule has 0 aromatic heterocycles. The molecule has 1 aliphatic rings. The van der Waals surface area contributed by atoms with Crippen LogP contribution in [0.4, 0.5) is 10.5 Å². The molecule has 0 aliphatic carbocycles. The summed E-state index contributed by atoms with van der Waals surface area (Å²) in [6.45, 7) is 0. The highest BCUT2D eigenvalue weighted by molar-refractivity contribution is 6.28. The van der Waals surface area contributed by atoms with Crippen LogP contribution in [0.3, 0.4) is 0 Å². The number of anilines is 1. The lowest BCUT2D eigenvalue weighted by molar-refractivity contribution is -0.113. The number of benzene rings is 2. The van der Waals surface area contributed by atoms with Crippen LogP contribution >= 0.6 is 0 Å². The number of hydrogen-bond acceptors (Lipinski definition) is 3. The molecular weight excluding hydrogens is 278 g/mol. The second-order valence-corrected chi connectivity index (χ2v) is 4.70. The van der Waals surface area contributed by atoms with Crippen molar-refractivity contribution in [3.05, 3.63) is 71.4 Å². The van der Waals surface area contributed by atoms with Gasteiger partial charge in [0, 0.05) is 0 Å². The summed E-state index contributed by atoms with van der Waals surface area (Å²) in [6, 6.07) is 17.0. The van der Waals surface area contributed by atoms with Gasteiger partial charge >= 0.3 is 6.03 Å². The zero-order chi connectivity index (χ0) is 15.5. The zero-order valence-electron chi connectivity index (χ0n) is 11.5. The minimum atomic E-state index is -0.476. The molecule has 2 aromatic rings. The SMILES string of the molecule is N#Cc1ccc(C=C2NC(=O)N(c3ccccc3)C2=O)cc1. The number of rotatable bonds is 2. The number of urea groups is 1. The van der Waals surface area contributed by atoms with Crippen molar-refractivity contribution in [2.75, 3.05) is 4.90 Å². The summed E-state index contributed by atoms with van der Waals surface area (Å²) >= 11 is 0. The minimum Gasteiger partial charge on any atom is -0.302 e. The van der Waals surface area contributed by atoms with E-state index in [2.05, 4.69) is 5.32 Å². The Bertz CT molecular complexity index is 802. The number of nitriles is 1. The number of amides is 3. The van der Waals surface area contributed by atoms with E-state index in [1.807, 2.05) is 12.1 Å². The Hall–Kier alpha value is -3.39. The van der Waals surface area contributed by atoms with Crippen molar-refractivity contribution in [1.82, 2.24) is 5.32 Å². The molecule has 1 fully saturated rings. The lowest BCUT2D eigenvalue weighted by Gasteiger charge is -2.10. The first kappa shape index (κ1) is 13.6. The van der Waals surface area contributed by atoms with Crippen LogP contribution in [-0.2, 0) is 4.79 Å². The quantitative estimate of drug-likeness (QED) is 0.682. The number of carbonyl (C=O) groups excluding carboxylic acids is 2. The van der Waals surface area contributed by atoms with E-state index < -0.39 is 11.9 Å². The van der Waals surface area contributed by atoms with E-state index in [1.54, 1.807) is 54.6 Å². The zero-order valence-corrected chi connectivity index (χ0v) is 11.5. The number of nitrogens with one attached hydrogen (secondary N) is 1. The van der Waals surface area contributed by atoms with Crippen LogP contribution in [-0.4, -0.2) is 11.9 Å². The van der Waals surface area contributed by atoms with E-state index in [0.717, 1.165) is 10.5 Å². The van der Waals surface area contributed by atoms with Gasteiger partial charge in [-0.1, -0.05) is 30.3 Å². The van der Waals surface area contributed by atoms with E-state index in [-0.39, 0.29) is 5.70 Å². The van der Waals surface area contributed by atoms with Crippen molar-refractivity contribution < 1.29 is 9.59 Å². The highest BCUT2D eigenvalue weighted by atomic mass is 16.2. The van der Waals surface area contributed by atoms with E-state index in [1.165, 1.54) is 0 Å². The molecule has 5 heteroatoms. The average molecular weight is 289 g/mol. The average Bonchev–Trinajstić information content (AvgIpc) is 2.83. The molecule has 2 aromatic carbocycles. The molecule has 1 saturated heterocycles. The molecule has 3 amide bonds. The Labute approximate surface area is 127 Å². The van der Waals surface area contributed by atoms with E-state index in [0.29, 0.717) is 11.3 Å². The van der Waals surface area contributed by atoms with Crippen molar-refractivity contribution in [2.45, 2.75) is 0 Å². The predicted molar refractivity (Wildman–Crippen MR) is 81.6 cm³/mol. The second kappa shape index (κ2) is 5.54. The fourth-order valence-corrected chi connectivity index (χ4v) is 2.17. The van der Waals surface area contributed by atoms with Crippen molar-refractivity contribution in [3.8, 4) is 6.07 Å². The first-order chi connectivity index (χ1) is 10.7. The van der Waals surface area contributed by atoms with Crippen LogP contribution in [0.2, 0.25) is 0 Å². The molecule has 0 unspecified atom stereocenters. The van der Waals surface area contributed by atoms with Crippen LogP contribution in [0, 0.1) is 11.3 Å². The van der Waals surface area contributed by atoms with Gasteiger partial charge in [0.15, 0.2) is 0 Å². The van der Waals surface area contributed by atoms with E-state index in [4.69, 9.17) is 5.26 Å². The Morgan fingerprint density at radius 2 is 1.68 bits per heavy atom. The molecule has 0 bridgehead atoms. The van der Waals surface area contributed by atoms with Crippen molar-refractivity contribution in [3.63, 3.8) is 0 Å². The summed E-state index contributed by atoms with van der Waals surface area (Å²) in [5, 5.41) is 11.3. The van der Waals surface area contributed by atoms with Gasteiger partial charge in [-0.3, -0.25) is 4.79 Å². The van der Waals surface area contributed by atoms with Gasteiger partial charge in [-0.2, -0.15) is 5.26 Å². The molecule has 0 spiro atoms. The van der Waals surface area contributed by atoms with Gasteiger partial charge in [0.2, 0.25) is 0 Å². The smallest absolute Gasteiger partial charge is 0.302 e. The van der Waals surface area contributed by atoms with Crippen LogP contribution in [0.1, 0.15) is 11.1 Å². The maximum Gasteiger partial charge on any atom is 0.333 e. The molecule has 5 nitrogen and oxygen atoms in total. The van der Waals surface area contributed by atoms with E-state index in [9.17, 15) is 9.59 Å². The highest BCUT2D eigenvalue weighted by Gasteiger charge is 2.34. The predicted octanol–water partition coefficient (Wildman–Crippen LogP) is 2.66. The fourth-order valence-electron chi connectivity index (χ4n) is 2.17. The van der Waals surface area contributed by atoms with Gasteiger partial charge in [0.25, 0.3) is 5.91 Å². The first-order valence-corrected chi connectivity index (χ1v) is 6.61. The van der Waals surface area contributed by atoms with Gasteiger partial charge < -0.3 is 5.32 Å². The van der Waals surface area contributed by atoms with Crippen LogP contribution < -0.4 is 10.2 Å². The summed E-state index contributed by atoms with van der Waals surface area (Å²) < 4.78 is 0. The number of carbonyl (C=O) groups is 2. The Morgan fingerprint density at radius 3 is 2.32 bits per heavy atom. The Kier molecular flexibility index (Phi) is 3.42. The summed E-state index contributed by atoms with van der Waals surface area (Å²) in [5.41, 5.74) is 2.00. The van der Waals surface area contributed by atoms with Crippen LogP contribution in [0.15, 0.2) is 60.3 Å². The molecule has 1 heterocycles. The number of nitrogens with zero attached hydrogens (tertiary/aromatic N) is 2. The van der Waals surface area contributed by atoms with Gasteiger partial charge in [0.05, 0.1) is 17.3 Å². The van der Waals surface area contributed by atoms with Crippen molar-refractivity contribution >= 4 is 23.7 Å². The second-order valence-electron chi connectivity index (χ2n) is 4.70. The third-order valence-corrected chi connectivity index (χ3v) is 3.24. The molecule has 0 saturated carbocycles. The summed E-state index contributed by atoms with van der Waals surface area (Å²) in [4.78, 5) is 25.5. The largest absolute Gasteiger partial charge is 0.333 e. The lowest BCUT2D eigenvalue weighted by atomic mass is 10.1. The van der Waals surface area contributed by atoms with Crippen LogP contribution in [0.5, 0.6) is 0 Å². The molecule has 3 rings (SSSR count). The first-order valence-electron chi connectivity index (χ1n) is 6.61. The monoisotopic (exact) mass is 289 g/mol. The normalized spacial score (nSPS) is 15.8. The van der Waals surface area contributed by atoms with Gasteiger partial charge in [0.1, 0.15) is 5.70 Å². The molecule has 22 heavy (non-hydrogen) atoms. The maximum atomic E-state index is 12.4. The molecule has 1 aliphatic heterocycles.